The van der Waals surface area contributed by atoms with Crippen molar-refractivity contribution in [2.24, 2.45) is 0 Å². The van der Waals surface area contributed by atoms with Gasteiger partial charge in [0, 0.05) is 0 Å². The van der Waals surface area contributed by atoms with Gasteiger partial charge in [-0.2, -0.15) is 8.42 Å². The Labute approximate surface area is 91.4 Å². The molecule has 0 aliphatic carbocycles. The minimum absolute atomic E-state index is 0. The number of rotatable bonds is 1. The lowest BCUT2D eigenvalue weighted by Crippen LogP contribution is -2.02. The van der Waals surface area contributed by atoms with Gasteiger partial charge in [-0.15, -0.1) is 0 Å². The topological polar surface area (TPSA) is 54.4 Å². The van der Waals surface area contributed by atoms with E-state index in [4.69, 9.17) is 4.55 Å². The van der Waals surface area contributed by atoms with Crippen LogP contribution in [0.5, 0.6) is 0 Å². The van der Waals surface area contributed by atoms with Crippen LogP contribution in [0.1, 0.15) is 6.99 Å². The maximum absolute atomic E-state index is 10.5. The SMILES string of the molecule is Cc1ccc(S(=O)(=O)O)cc1.F[B-](F)(F)F.[H+]. The molecule has 0 saturated carbocycles. The van der Waals surface area contributed by atoms with E-state index >= 15 is 0 Å². The number of halogens is 4. The molecule has 0 aliphatic heterocycles. The van der Waals surface area contributed by atoms with Gasteiger partial charge in [0.2, 0.25) is 0 Å². The molecule has 0 bridgehead atoms. The van der Waals surface area contributed by atoms with Crippen LogP contribution in [0.4, 0.5) is 17.3 Å². The maximum atomic E-state index is 10.5. The fourth-order valence-electron chi connectivity index (χ4n) is 0.710. The van der Waals surface area contributed by atoms with E-state index in [1.54, 1.807) is 12.1 Å². The molecule has 0 aromatic heterocycles. The zero-order valence-corrected chi connectivity index (χ0v) is 8.89. The van der Waals surface area contributed by atoms with Crippen LogP contribution >= 0.6 is 0 Å². The Balaban J connectivity index is 0. The van der Waals surface area contributed by atoms with Crippen molar-refractivity contribution in [1.82, 2.24) is 0 Å². The highest BCUT2D eigenvalue weighted by Crippen LogP contribution is 2.08. The van der Waals surface area contributed by atoms with Crippen molar-refractivity contribution in [3.8, 4) is 0 Å². The highest BCUT2D eigenvalue weighted by molar-refractivity contribution is 7.85. The summed E-state index contributed by atoms with van der Waals surface area (Å²) < 4.78 is 68.6. The zero-order chi connectivity index (χ0) is 13.0. The maximum Gasteiger partial charge on any atom is 1.00 e. The molecule has 0 saturated heterocycles. The molecule has 1 rings (SSSR count). The van der Waals surface area contributed by atoms with E-state index < -0.39 is 17.4 Å². The lowest BCUT2D eigenvalue weighted by Gasteiger charge is -1.95. The Morgan fingerprint density at radius 2 is 1.44 bits per heavy atom. The normalized spacial score (nSPS) is 11.6. The smallest absolute Gasteiger partial charge is 0.418 e. The first-order chi connectivity index (χ1) is 7.00. The van der Waals surface area contributed by atoms with Gasteiger partial charge >= 0.3 is 8.68 Å². The summed E-state index contributed by atoms with van der Waals surface area (Å²) in [5.41, 5.74) is 0.956. The van der Waals surface area contributed by atoms with Crippen molar-refractivity contribution in [3.05, 3.63) is 29.8 Å². The first-order valence-electron chi connectivity index (χ1n) is 3.91. The van der Waals surface area contributed by atoms with Crippen LogP contribution in [0.3, 0.4) is 0 Å². The Bertz CT molecular complexity index is 425. The van der Waals surface area contributed by atoms with Crippen LogP contribution in [0, 0.1) is 6.92 Å². The molecule has 92 valence electrons. The molecular weight excluding hydrogens is 251 g/mol. The highest BCUT2D eigenvalue weighted by atomic mass is 32.2. The van der Waals surface area contributed by atoms with E-state index in [0.29, 0.717) is 0 Å². The van der Waals surface area contributed by atoms with Gasteiger partial charge < -0.3 is 17.3 Å². The predicted molar refractivity (Wildman–Crippen MR) is 52.3 cm³/mol. The van der Waals surface area contributed by atoms with E-state index in [-0.39, 0.29) is 6.32 Å². The molecule has 0 atom stereocenters. The van der Waals surface area contributed by atoms with E-state index in [1.165, 1.54) is 12.1 Å². The second kappa shape index (κ2) is 5.31. The van der Waals surface area contributed by atoms with Crippen LogP contribution in [-0.4, -0.2) is 20.2 Å². The van der Waals surface area contributed by atoms with Crippen LogP contribution < -0.4 is 0 Å². The van der Waals surface area contributed by atoms with E-state index in [2.05, 4.69) is 0 Å². The van der Waals surface area contributed by atoms with Crippen LogP contribution in [0.15, 0.2) is 29.2 Å². The van der Waals surface area contributed by atoms with Crippen molar-refractivity contribution in [1.29, 1.82) is 0 Å². The van der Waals surface area contributed by atoms with Gasteiger partial charge in [0.05, 0.1) is 4.90 Å². The number of benzene rings is 1. The lowest BCUT2D eigenvalue weighted by atomic mass is 10.2. The molecule has 0 aliphatic rings. The predicted octanol–water partition coefficient (Wildman–Crippen LogP) is 2.65. The van der Waals surface area contributed by atoms with Gasteiger partial charge in [-0.25, -0.2) is 0 Å². The molecule has 9 heteroatoms. The number of hydrogen-bond acceptors (Lipinski definition) is 2. The van der Waals surface area contributed by atoms with Crippen molar-refractivity contribution in [2.75, 3.05) is 0 Å². The molecule has 3 nitrogen and oxygen atoms in total. The third-order valence-corrected chi connectivity index (χ3v) is 2.19. The standard InChI is InChI=1S/C7H8O3S.BF4/c1-6-2-4-7(5-3-6)11(8,9)10;2-1(3,4)5/h2-5H,1H3,(H,8,9,10);/q;-1/p+1. The van der Waals surface area contributed by atoms with Crippen LogP contribution in [-0.2, 0) is 10.1 Å². The molecule has 0 radical (unpaired) electrons. The first-order valence-corrected chi connectivity index (χ1v) is 5.35. The Hall–Kier alpha value is -1.09. The molecule has 1 aromatic rings. The van der Waals surface area contributed by atoms with Gasteiger partial charge in [0.1, 0.15) is 0 Å². The highest BCUT2D eigenvalue weighted by Gasteiger charge is 2.20. The molecule has 0 spiro atoms. The second-order valence-corrected chi connectivity index (χ2v) is 4.20. The third-order valence-electron chi connectivity index (χ3n) is 1.32. The number of aryl methyl sites for hydroxylation is 1. The average Bonchev–Trinajstić information content (AvgIpc) is 1.99. The fourth-order valence-corrected chi connectivity index (χ4v) is 1.19. The molecule has 0 heterocycles. The first kappa shape index (κ1) is 14.9. The van der Waals surface area contributed by atoms with Crippen LogP contribution in [0.25, 0.3) is 0 Å². The summed E-state index contributed by atoms with van der Waals surface area (Å²) in [6.45, 7) is 1.84. The summed E-state index contributed by atoms with van der Waals surface area (Å²) in [6.07, 6.45) is 0. The molecule has 0 amide bonds. The van der Waals surface area contributed by atoms with Crippen molar-refractivity contribution >= 4 is 17.4 Å². The minimum atomic E-state index is -6.00. The molecular formula is C7H9BF4O3S. The minimum Gasteiger partial charge on any atom is -0.418 e. The van der Waals surface area contributed by atoms with Gasteiger partial charge in [-0.05, 0) is 19.1 Å². The quantitative estimate of drug-likeness (QED) is 0.479. The van der Waals surface area contributed by atoms with Crippen molar-refractivity contribution in [2.45, 2.75) is 11.8 Å². The molecule has 0 fully saturated rings. The summed E-state index contributed by atoms with van der Waals surface area (Å²) in [7, 11) is -10.0. The zero-order valence-electron chi connectivity index (χ0n) is 9.07. The Kier molecular flexibility index (Phi) is 4.95. The molecule has 1 aromatic carbocycles. The number of hydrogen-bond donors (Lipinski definition) is 1. The molecule has 16 heavy (non-hydrogen) atoms. The van der Waals surface area contributed by atoms with Gasteiger partial charge in [-0.1, -0.05) is 17.7 Å². The Morgan fingerprint density at radius 1 is 1.12 bits per heavy atom. The van der Waals surface area contributed by atoms with Crippen LogP contribution in [0.2, 0.25) is 0 Å². The summed E-state index contributed by atoms with van der Waals surface area (Å²) in [5, 5.41) is 0. The van der Waals surface area contributed by atoms with E-state index in [0.717, 1.165) is 5.56 Å². The van der Waals surface area contributed by atoms with Gasteiger partial charge in [0.15, 0.2) is 0 Å². The monoisotopic (exact) mass is 260 g/mol. The summed E-state index contributed by atoms with van der Waals surface area (Å²) in [5.74, 6) is 0. The summed E-state index contributed by atoms with van der Waals surface area (Å²) >= 11 is 0. The van der Waals surface area contributed by atoms with Crippen molar-refractivity contribution in [3.63, 3.8) is 0 Å². The summed E-state index contributed by atoms with van der Waals surface area (Å²) in [6, 6.07) is 5.99. The second-order valence-electron chi connectivity index (χ2n) is 2.78. The fraction of sp³-hybridized carbons (Fsp3) is 0.143. The van der Waals surface area contributed by atoms with Gasteiger partial charge in [0.25, 0.3) is 10.1 Å². The Morgan fingerprint density at radius 3 is 1.69 bits per heavy atom. The largest absolute Gasteiger partial charge is 1.00 e. The van der Waals surface area contributed by atoms with Gasteiger partial charge in [-0.3, -0.25) is 4.55 Å². The average molecular weight is 260 g/mol. The molecule has 0 unspecified atom stereocenters. The van der Waals surface area contributed by atoms with Crippen molar-refractivity contribution < 1.29 is 31.7 Å². The molecule has 1 N–H and O–H groups in total. The van der Waals surface area contributed by atoms with E-state index in [1.807, 2.05) is 6.92 Å². The van der Waals surface area contributed by atoms with E-state index in [9.17, 15) is 25.7 Å². The summed E-state index contributed by atoms with van der Waals surface area (Å²) in [4.78, 5) is -0.0666. The third kappa shape index (κ3) is 8.24. The lowest BCUT2D eigenvalue weighted by molar-refractivity contribution is 0.368.